The van der Waals surface area contributed by atoms with Crippen LogP contribution in [0.25, 0.3) is 0 Å². The van der Waals surface area contributed by atoms with E-state index in [2.05, 4.69) is 5.48 Å². The molecule has 1 aromatic rings. The molecule has 0 bridgehead atoms. The molecule has 0 aliphatic carbocycles. The van der Waals surface area contributed by atoms with Crippen LogP contribution in [0, 0.1) is 6.92 Å². The molecule has 0 spiro atoms. The van der Waals surface area contributed by atoms with E-state index in [4.69, 9.17) is 21.2 Å². The standard InChI is InChI=1S/C12H16ClNO3/c1-4-16-14-12(15)9(3)17-11-7-8(2)5-6-10(11)13/h5-7,9H,4H2,1-3H3,(H,14,15). The third kappa shape index (κ3) is 4.24. The van der Waals surface area contributed by atoms with Crippen molar-refractivity contribution in [1.82, 2.24) is 5.48 Å². The van der Waals surface area contributed by atoms with Gasteiger partial charge in [0.1, 0.15) is 5.75 Å². The van der Waals surface area contributed by atoms with E-state index in [1.807, 2.05) is 13.0 Å². The highest BCUT2D eigenvalue weighted by Crippen LogP contribution is 2.26. The second kappa shape index (κ2) is 6.47. The van der Waals surface area contributed by atoms with E-state index in [0.717, 1.165) is 5.56 Å². The summed E-state index contributed by atoms with van der Waals surface area (Å²) in [4.78, 5) is 16.3. The molecule has 1 unspecified atom stereocenters. The largest absolute Gasteiger partial charge is 0.479 e. The van der Waals surface area contributed by atoms with Crippen molar-refractivity contribution in [3.05, 3.63) is 28.8 Å². The van der Waals surface area contributed by atoms with Crippen LogP contribution in [-0.4, -0.2) is 18.6 Å². The third-order valence-corrected chi connectivity index (χ3v) is 2.39. The Labute approximate surface area is 106 Å². The van der Waals surface area contributed by atoms with Gasteiger partial charge in [0.05, 0.1) is 11.6 Å². The highest BCUT2D eigenvalue weighted by molar-refractivity contribution is 6.32. The van der Waals surface area contributed by atoms with Crippen molar-refractivity contribution in [2.45, 2.75) is 26.9 Å². The Morgan fingerprint density at radius 2 is 2.24 bits per heavy atom. The molecule has 1 N–H and O–H groups in total. The Bertz CT molecular complexity index is 395. The normalized spacial score (nSPS) is 12.0. The van der Waals surface area contributed by atoms with E-state index in [-0.39, 0.29) is 5.91 Å². The van der Waals surface area contributed by atoms with E-state index < -0.39 is 6.10 Å². The van der Waals surface area contributed by atoms with Gasteiger partial charge >= 0.3 is 0 Å². The fourth-order valence-electron chi connectivity index (χ4n) is 1.17. The predicted octanol–water partition coefficient (Wildman–Crippen LogP) is 2.48. The molecule has 0 aliphatic rings. The molecule has 1 amide bonds. The summed E-state index contributed by atoms with van der Waals surface area (Å²) in [5.41, 5.74) is 3.29. The maximum Gasteiger partial charge on any atom is 0.284 e. The quantitative estimate of drug-likeness (QED) is 0.825. The number of amides is 1. The van der Waals surface area contributed by atoms with Gasteiger partial charge < -0.3 is 4.74 Å². The number of nitrogens with one attached hydrogen (secondary N) is 1. The first-order valence-electron chi connectivity index (χ1n) is 5.39. The molecule has 0 heterocycles. The lowest BCUT2D eigenvalue weighted by molar-refractivity contribution is -0.139. The van der Waals surface area contributed by atoms with Crippen LogP contribution in [0.5, 0.6) is 5.75 Å². The van der Waals surface area contributed by atoms with Crippen LogP contribution in [0.2, 0.25) is 5.02 Å². The number of benzene rings is 1. The molecule has 94 valence electrons. The summed E-state index contributed by atoms with van der Waals surface area (Å²) in [7, 11) is 0. The smallest absolute Gasteiger partial charge is 0.284 e. The molecule has 0 saturated heterocycles. The van der Waals surface area contributed by atoms with Crippen molar-refractivity contribution in [1.29, 1.82) is 0 Å². The zero-order valence-corrected chi connectivity index (χ0v) is 10.9. The zero-order chi connectivity index (χ0) is 12.8. The monoisotopic (exact) mass is 257 g/mol. The molecule has 5 heteroatoms. The Hall–Kier alpha value is -1.26. The lowest BCUT2D eigenvalue weighted by atomic mass is 10.2. The van der Waals surface area contributed by atoms with Gasteiger partial charge in [-0.2, -0.15) is 0 Å². The minimum absolute atomic E-state index is 0.343. The van der Waals surface area contributed by atoms with Gasteiger partial charge in [-0.15, -0.1) is 0 Å². The number of ether oxygens (including phenoxy) is 1. The van der Waals surface area contributed by atoms with E-state index in [1.165, 1.54) is 0 Å². The molecule has 4 nitrogen and oxygen atoms in total. The number of halogens is 1. The molecule has 1 rings (SSSR count). The highest BCUT2D eigenvalue weighted by atomic mass is 35.5. The van der Waals surface area contributed by atoms with Gasteiger partial charge in [-0.1, -0.05) is 17.7 Å². The maximum atomic E-state index is 11.5. The van der Waals surface area contributed by atoms with Crippen LogP contribution in [0.4, 0.5) is 0 Å². The second-order valence-corrected chi connectivity index (χ2v) is 4.00. The average molecular weight is 258 g/mol. The number of carbonyl (C=O) groups excluding carboxylic acids is 1. The molecule has 0 aliphatic heterocycles. The van der Waals surface area contributed by atoms with E-state index in [0.29, 0.717) is 17.4 Å². The Morgan fingerprint density at radius 3 is 2.88 bits per heavy atom. The second-order valence-electron chi connectivity index (χ2n) is 3.59. The molecule has 0 fully saturated rings. The summed E-state index contributed by atoms with van der Waals surface area (Å²) in [6.45, 7) is 5.74. The van der Waals surface area contributed by atoms with E-state index in [9.17, 15) is 4.79 Å². The van der Waals surface area contributed by atoms with Crippen LogP contribution in [0.3, 0.4) is 0 Å². The van der Waals surface area contributed by atoms with E-state index in [1.54, 1.807) is 26.0 Å². The van der Waals surface area contributed by atoms with Crippen LogP contribution < -0.4 is 10.2 Å². The summed E-state index contributed by atoms with van der Waals surface area (Å²) in [5, 5.41) is 0.478. The van der Waals surface area contributed by atoms with Crippen molar-refractivity contribution < 1.29 is 14.4 Å². The van der Waals surface area contributed by atoms with Gasteiger partial charge in [-0.3, -0.25) is 9.63 Å². The van der Waals surface area contributed by atoms with Crippen molar-refractivity contribution >= 4 is 17.5 Å². The Kier molecular flexibility index (Phi) is 5.25. The molecule has 1 atom stereocenters. The van der Waals surface area contributed by atoms with E-state index >= 15 is 0 Å². The van der Waals surface area contributed by atoms with Gasteiger partial charge in [0.25, 0.3) is 5.91 Å². The zero-order valence-electron chi connectivity index (χ0n) is 10.1. The fourth-order valence-corrected chi connectivity index (χ4v) is 1.33. The van der Waals surface area contributed by atoms with Crippen LogP contribution in [0.15, 0.2) is 18.2 Å². The van der Waals surface area contributed by atoms with Crippen molar-refractivity contribution in [2.24, 2.45) is 0 Å². The lowest BCUT2D eigenvalue weighted by Crippen LogP contribution is -2.36. The number of carbonyl (C=O) groups is 1. The minimum atomic E-state index is -0.666. The summed E-state index contributed by atoms with van der Waals surface area (Å²) in [6, 6.07) is 5.40. The molecular formula is C12H16ClNO3. The van der Waals surface area contributed by atoms with Crippen molar-refractivity contribution in [2.75, 3.05) is 6.61 Å². The topological polar surface area (TPSA) is 47.6 Å². The number of hydroxylamine groups is 1. The molecule has 0 aromatic heterocycles. The van der Waals surface area contributed by atoms with Gasteiger partial charge in [-0.25, -0.2) is 5.48 Å². The summed E-state index contributed by atoms with van der Waals surface area (Å²) >= 11 is 5.96. The van der Waals surface area contributed by atoms with Crippen molar-refractivity contribution in [3.63, 3.8) is 0 Å². The molecule has 1 aromatic carbocycles. The average Bonchev–Trinajstić information content (AvgIpc) is 2.30. The first kappa shape index (κ1) is 13.8. The van der Waals surface area contributed by atoms with Gasteiger partial charge in [-0.05, 0) is 38.5 Å². The molecule has 0 radical (unpaired) electrons. The SMILES string of the molecule is CCONC(=O)C(C)Oc1cc(C)ccc1Cl. The first-order valence-corrected chi connectivity index (χ1v) is 5.76. The highest BCUT2D eigenvalue weighted by Gasteiger charge is 2.16. The number of aryl methyl sites for hydroxylation is 1. The Balaban J connectivity index is 2.64. The van der Waals surface area contributed by atoms with Gasteiger partial charge in [0.2, 0.25) is 0 Å². The van der Waals surface area contributed by atoms with Crippen LogP contribution >= 0.6 is 11.6 Å². The van der Waals surface area contributed by atoms with Crippen molar-refractivity contribution in [3.8, 4) is 5.75 Å². The maximum absolute atomic E-state index is 11.5. The van der Waals surface area contributed by atoms with Gasteiger partial charge in [0, 0.05) is 0 Å². The van der Waals surface area contributed by atoms with Crippen LogP contribution in [0.1, 0.15) is 19.4 Å². The molecular weight excluding hydrogens is 242 g/mol. The summed E-state index contributed by atoms with van der Waals surface area (Å²) in [6.07, 6.45) is -0.666. The summed E-state index contributed by atoms with van der Waals surface area (Å²) < 4.78 is 5.46. The fraction of sp³-hybridized carbons (Fsp3) is 0.417. The predicted molar refractivity (Wildman–Crippen MR) is 66.0 cm³/mol. The van der Waals surface area contributed by atoms with Crippen LogP contribution in [-0.2, 0) is 9.63 Å². The van der Waals surface area contributed by atoms with Gasteiger partial charge in [0.15, 0.2) is 6.10 Å². The number of hydrogen-bond acceptors (Lipinski definition) is 3. The summed E-state index contributed by atoms with van der Waals surface area (Å²) in [5.74, 6) is 0.148. The Morgan fingerprint density at radius 1 is 1.53 bits per heavy atom. The molecule has 0 saturated carbocycles. The molecule has 17 heavy (non-hydrogen) atoms. The first-order chi connectivity index (χ1) is 8.04. The number of hydrogen-bond donors (Lipinski definition) is 1. The number of rotatable bonds is 5. The third-order valence-electron chi connectivity index (χ3n) is 2.08. The lowest BCUT2D eigenvalue weighted by Gasteiger charge is -2.15. The minimum Gasteiger partial charge on any atom is -0.479 e.